The first-order valence-corrected chi connectivity index (χ1v) is 9.77. The van der Waals surface area contributed by atoms with Crippen LogP contribution in [0.4, 0.5) is 5.69 Å². The van der Waals surface area contributed by atoms with E-state index in [4.69, 9.17) is 4.74 Å². The quantitative estimate of drug-likeness (QED) is 0.641. The maximum atomic E-state index is 12.9. The number of anilines is 1. The summed E-state index contributed by atoms with van der Waals surface area (Å²) in [6.45, 7) is 5.30. The van der Waals surface area contributed by atoms with Gasteiger partial charge in [-0.15, -0.1) is 0 Å². The van der Waals surface area contributed by atoms with Gasteiger partial charge in [0, 0.05) is 19.2 Å². The number of ether oxygens (including phenoxy) is 1. The number of aromatic nitrogens is 2. The number of carbonyl (C=O) groups excluding carboxylic acids is 1. The van der Waals surface area contributed by atoms with Crippen molar-refractivity contribution in [2.24, 2.45) is 0 Å². The lowest BCUT2D eigenvalue weighted by Crippen LogP contribution is -2.35. The maximum Gasteiger partial charge on any atom is 0.360 e. The fourth-order valence-electron chi connectivity index (χ4n) is 3.61. The van der Waals surface area contributed by atoms with Gasteiger partial charge in [0.1, 0.15) is 0 Å². The molecule has 0 aliphatic carbocycles. The Morgan fingerprint density at radius 2 is 1.83 bits per heavy atom. The van der Waals surface area contributed by atoms with E-state index in [9.17, 15) is 9.59 Å². The molecule has 2 heterocycles. The van der Waals surface area contributed by atoms with Crippen molar-refractivity contribution in [2.75, 3.05) is 18.1 Å². The van der Waals surface area contributed by atoms with Crippen LogP contribution < -0.4 is 10.5 Å². The average molecular weight is 389 g/mol. The monoisotopic (exact) mass is 389 g/mol. The summed E-state index contributed by atoms with van der Waals surface area (Å²) in [6, 6.07) is 17.2. The van der Waals surface area contributed by atoms with E-state index in [1.807, 2.05) is 48.2 Å². The topological polar surface area (TPSA) is 64.4 Å². The minimum Gasteiger partial charge on any atom is -0.461 e. The average Bonchev–Trinajstić information content (AvgIpc) is 2.74. The largest absolute Gasteiger partial charge is 0.461 e. The molecule has 2 aromatic carbocycles. The van der Waals surface area contributed by atoms with Crippen molar-refractivity contribution in [3.8, 4) is 5.69 Å². The van der Waals surface area contributed by atoms with Gasteiger partial charge < -0.3 is 9.64 Å². The Morgan fingerprint density at radius 1 is 1.10 bits per heavy atom. The lowest BCUT2D eigenvalue weighted by molar-refractivity contribution is 0.0518. The minimum absolute atomic E-state index is 0.159. The molecule has 3 aromatic rings. The Balaban J connectivity index is 1.79. The fraction of sp³-hybridized carbons (Fsp3) is 0.261. The van der Waals surface area contributed by atoms with Crippen LogP contribution in [-0.2, 0) is 17.7 Å². The van der Waals surface area contributed by atoms with E-state index >= 15 is 0 Å². The van der Waals surface area contributed by atoms with Gasteiger partial charge in [-0.3, -0.25) is 4.79 Å². The first-order chi connectivity index (χ1) is 14.1. The first-order valence-electron chi connectivity index (χ1n) is 9.77. The van der Waals surface area contributed by atoms with Crippen LogP contribution in [0.1, 0.15) is 34.1 Å². The summed E-state index contributed by atoms with van der Waals surface area (Å²) in [5.41, 5.74) is 4.57. The molecule has 6 nitrogen and oxygen atoms in total. The van der Waals surface area contributed by atoms with Crippen LogP contribution >= 0.6 is 0 Å². The molecule has 148 valence electrons. The molecule has 0 N–H and O–H groups in total. The van der Waals surface area contributed by atoms with Crippen molar-refractivity contribution < 1.29 is 9.53 Å². The number of aryl methyl sites for hydroxylation is 1. The zero-order valence-corrected chi connectivity index (χ0v) is 16.6. The molecule has 0 saturated heterocycles. The summed E-state index contributed by atoms with van der Waals surface area (Å²) in [4.78, 5) is 27.6. The van der Waals surface area contributed by atoms with Gasteiger partial charge in [-0.25, -0.2) is 4.79 Å². The summed E-state index contributed by atoms with van der Waals surface area (Å²) in [5.74, 6) is -0.526. The lowest BCUT2D eigenvalue weighted by Gasteiger charge is -2.31. The third-order valence-electron chi connectivity index (χ3n) is 5.13. The van der Waals surface area contributed by atoms with Gasteiger partial charge in [-0.1, -0.05) is 42.0 Å². The standard InChI is InChI=1S/C23H23N3O3/c1-3-29-23(28)22-20(25-13-12-17-6-4-5-7-18(17)15-25)14-21(27)26(24-22)19-10-8-16(2)9-11-19/h4-11,14H,3,12-13,15H2,1-2H3. The lowest BCUT2D eigenvalue weighted by atomic mass is 9.99. The van der Waals surface area contributed by atoms with Crippen LogP contribution in [-0.4, -0.2) is 28.9 Å². The van der Waals surface area contributed by atoms with E-state index in [0.717, 1.165) is 12.0 Å². The maximum absolute atomic E-state index is 12.9. The van der Waals surface area contributed by atoms with Gasteiger partial charge >= 0.3 is 5.97 Å². The van der Waals surface area contributed by atoms with Crippen molar-refractivity contribution in [2.45, 2.75) is 26.8 Å². The molecule has 0 radical (unpaired) electrons. The van der Waals surface area contributed by atoms with Crippen LogP contribution in [0.25, 0.3) is 5.69 Å². The van der Waals surface area contributed by atoms with Gasteiger partial charge in [0.2, 0.25) is 0 Å². The molecule has 4 rings (SSSR count). The van der Waals surface area contributed by atoms with E-state index in [2.05, 4.69) is 17.2 Å². The summed E-state index contributed by atoms with van der Waals surface area (Å²) in [6.07, 6.45) is 0.847. The number of nitrogens with zero attached hydrogens (tertiary/aromatic N) is 3. The molecule has 1 aliphatic heterocycles. The Hall–Kier alpha value is -3.41. The smallest absolute Gasteiger partial charge is 0.360 e. The minimum atomic E-state index is -0.526. The van der Waals surface area contributed by atoms with Gasteiger partial charge in [-0.05, 0) is 43.5 Å². The number of benzene rings is 2. The SMILES string of the molecule is CCOC(=O)c1nn(-c2ccc(C)cc2)c(=O)cc1N1CCc2ccccc2C1. The fourth-order valence-corrected chi connectivity index (χ4v) is 3.61. The highest BCUT2D eigenvalue weighted by atomic mass is 16.5. The van der Waals surface area contributed by atoms with Gasteiger partial charge in [-0.2, -0.15) is 9.78 Å². The van der Waals surface area contributed by atoms with Crippen LogP contribution in [0, 0.1) is 6.92 Å². The zero-order valence-electron chi connectivity index (χ0n) is 16.6. The van der Waals surface area contributed by atoms with Crippen molar-refractivity contribution >= 4 is 11.7 Å². The second-order valence-corrected chi connectivity index (χ2v) is 7.12. The van der Waals surface area contributed by atoms with Gasteiger partial charge in [0.15, 0.2) is 5.69 Å². The van der Waals surface area contributed by atoms with E-state index in [1.54, 1.807) is 6.92 Å². The molecule has 0 unspecified atom stereocenters. The molecule has 0 bridgehead atoms. The van der Waals surface area contributed by atoms with Crippen LogP contribution in [0.5, 0.6) is 0 Å². The van der Waals surface area contributed by atoms with E-state index in [0.29, 0.717) is 24.5 Å². The highest BCUT2D eigenvalue weighted by Crippen LogP contribution is 2.26. The Bertz CT molecular complexity index is 1100. The second kappa shape index (κ2) is 7.91. The zero-order chi connectivity index (χ0) is 20.4. The normalized spacial score (nSPS) is 13.1. The van der Waals surface area contributed by atoms with Crippen molar-refractivity contribution in [3.05, 3.63) is 87.3 Å². The number of esters is 1. The molecule has 0 amide bonds. The molecule has 0 saturated carbocycles. The van der Waals surface area contributed by atoms with E-state index in [-0.39, 0.29) is 17.9 Å². The highest BCUT2D eigenvalue weighted by Gasteiger charge is 2.25. The number of fused-ring (bicyclic) bond motifs is 1. The van der Waals surface area contributed by atoms with Crippen molar-refractivity contribution in [1.82, 2.24) is 9.78 Å². The van der Waals surface area contributed by atoms with Gasteiger partial charge in [0.05, 0.1) is 18.0 Å². The summed E-state index contributed by atoms with van der Waals surface area (Å²) in [5, 5.41) is 4.41. The summed E-state index contributed by atoms with van der Waals surface area (Å²) >= 11 is 0. The molecule has 6 heteroatoms. The predicted octanol–water partition coefficient (Wildman–Crippen LogP) is 3.28. The van der Waals surface area contributed by atoms with Crippen LogP contribution in [0.3, 0.4) is 0 Å². The number of carbonyl (C=O) groups is 1. The summed E-state index contributed by atoms with van der Waals surface area (Å²) < 4.78 is 6.49. The third-order valence-corrected chi connectivity index (χ3v) is 5.13. The number of hydrogen-bond donors (Lipinski definition) is 0. The molecular weight excluding hydrogens is 366 g/mol. The Labute approximate surface area is 169 Å². The number of hydrogen-bond acceptors (Lipinski definition) is 5. The predicted molar refractivity (Wildman–Crippen MR) is 112 cm³/mol. The first kappa shape index (κ1) is 18.9. The summed E-state index contributed by atoms with van der Waals surface area (Å²) in [7, 11) is 0. The molecule has 0 atom stereocenters. The molecule has 1 aromatic heterocycles. The second-order valence-electron chi connectivity index (χ2n) is 7.12. The molecule has 29 heavy (non-hydrogen) atoms. The van der Waals surface area contributed by atoms with Crippen molar-refractivity contribution in [3.63, 3.8) is 0 Å². The van der Waals surface area contributed by atoms with E-state index < -0.39 is 5.97 Å². The van der Waals surface area contributed by atoms with Crippen LogP contribution in [0.2, 0.25) is 0 Å². The third kappa shape index (κ3) is 3.78. The van der Waals surface area contributed by atoms with Crippen LogP contribution in [0.15, 0.2) is 59.4 Å². The molecule has 1 aliphatic rings. The van der Waals surface area contributed by atoms with Crippen molar-refractivity contribution in [1.29, 1.82) is 0 Å². The molecule has 0 fully saturated rings. The molecule has 0 spiro atoms. The highest BCUT2D eigenvalue weighted by molar-refractivity contribution is 5.93. The van der Waals surface area contributed by atoms with E-state index in [1.165, 1.54) is 21.9 Å². The Morgan fingerprint density at radius 3 is 2.55 bits per heavy atom. The molecular formula is C23H23N3O3. The Kier molecular flexibility index (Phi) is 5.16. The number of rotatable bonds is 4. The van der Waals surface area contributed by atoms with Gasteiger partial charge in [0.25, 0.3) is 5.56 Å².